The normalized spacial score (nSPS) is 17.9. The Labute approximate surface area is 201 Å². The number of carbonyl (C=O) groups is 1. The first-order valence-corrected chi connectivity index (χ1v) is 12.3. The molecule has 2 heterocycles. The van der Waals surface area contributed by atoms with Crippen molar-refractivity contribution in [1.82, 2.24) is 24.8 Å². The summed E-state index contributed by atoms with van der Waals surface area (Å²) in [5, 5.41) is 19.1. The molecule has 2 fully saturated rings. The highest BCUT2D eigenvalue weighted by Gasteiger charge is 2.25. The van der Waals surface area contributed by atoms with E-state index in [0.717, 1.165) is 46.6 Å². The average Bonchev–Trinajstić information content (AvgIpc) is 3.57. The minimum Gasteiger partial charge on any atom is -0.490 e. The Hall–Kier alpha value is -2.49. The maximum absolute atomic E-state index is 12.6. The summed E-state index contributed by atoms with van der Waals surface area (Å²) in [6.07, 6.45) is 1.90. The quantitative estimate of drug-likeness (QED) is 0.498. The molecule has 5 rings (SSSR count). The number of rotatable bonds is 8. The Kier molecular flexibility index (Phi) is 6.62. The van der Waals surface area contributed by atoms with Gasteiger partial charge in [0.1, 0.15) is 24.0 Å². The van der Waals surface area contributed by atoms with Crippen molar-refractivity contribution in [2.45, 2.75) is 25.5 Å². The topological polar surface area (TPSA) is 83.7 Å². The number of hydrogen-bond donors (Lipinski definition) is 1. The summed E-state index contributed by atoms with van der Waals surface area (Å²) in [5.41, 5.74) is 2.49. The van der Waals surface area contributed by atoms with Crippen LogP contribution in [-0.2, 0) is 6.54 Å². The zero-order valence-corrected chi connectivity index (χ0v) is 20.0. The van der Waals surface area contributed by atoms with Crippen LogP contribution < -0.4 is 4.74 Å². The molecule has 1 aliphatic heterocycles. The van der Waals surface area contributed by atoms with E-state index in [0.29, 0.717) is 25.4 Å². The van der Waals surface area contributed by atoms with Crippen molar-refractivity contribution in [2.24, 2.45) is 5.92 Å². The van der Waals surface area contributed by atoms with Crippen molar-refractivity contribution in [3.05, 3.63) is 52.5 Å². The number of halogens is 1. The lowest BCUT2D eigenvalue weighted by Crippen LogP contribution is -2.50. The molecule has 1 saturated carbocycles. The van der Waals surface area contributed by atoms with E-state index in [2.05, 4.69) is 31.1 Å². The molecule has 0 bridgehead atoms. The fourth-order valence-electron chi connectivity index (χ4n) is 4.21. The van der Waals surface area contributed by atoms with Crippen molar-refractivity contribution >= 4 is 32.9 Å². The number of aromatic nitrogens is 3. The van der Waals surface area contributed by atoms with Crippen LogP contribution in [0.1, 0.15) is 23.2 Å². The monoisotopic (exact) mass is 513 g/mol. The third-order valence-electron chi connectivity index (χ3n) is 6.30. The molecule has 1 amide bonds. The summed E-state index contributed by atoms with van der Waals surface area (Å²) >= 11 is 3.59. The highest BCUT2D eigenvalue weighted by Crippen LogP contribution is 2.34. The number of hydrogen-bond acceptors (Lipinski definition) is 6. The van der Waals surface area contributed by atoms with Gasteiger partial charge in [0, 0.05) is 44.8 Å². The highest BCUT2D eigenvalue weighted by atomic mass is 79.9. The molecule has 0 spiro atoms. The van der Waals surface area contributed by atoms with Gasteiger partial charge in [-0.1, -0.05) is 23.4 Å². The number of piperazine rings is 1. The first-order chi connectivity index (χ1) is 16.1. The molecule has 1 atom stereocenters. The molecule has 1 aliphatic carbocycles. The molecule has 0 radical (unpaired) electrons. The van der Waals surface area contributed by atoms with Gasteiger partial charge < -0.3 is 14.7 Å². The van der Waals surface area contributed by atoms with E-state index in [1.807, 2.05) is 52.0 Å². The van der Waals surface area contributed by atoms with Gasteiger partial charge in [-0.3, -0.25) is 9.69 Å². The Morgan fingerprint density at radius 2 is 1.88 bits per heavy atom. The number of aliphatic hydroxyl groups excluding tert-OH is 1. The number of β-amino-alcohol motifs (C(OH)–C–C–N with tert-alkyl or cyclic N) is 1. The van der Waals surface area contributed by atoms with Crippen molar-refractivity contribution < 1.29 is 14.6 Å². The summed E-state index contributed by atoms with van der Waals surface area (Å²) in [5.74, 6) is 1.44. The maximum Gasteiger partial charge on any atom is 0.253 e. The molecule has 2 aliphatic rings. The molecule has 1 N–H and O–H groups in total. The van der Waals surface area contributed by atoms with E-state index >= 15 is 0 Å². The molecule has 1 aromatic heterocycles. The van der Waals surface area contributed by atoms with Crippen LogP contribution in [0, 0.1) is 5.92 Å². The van der Waals surface area contributed by atoms with E-state index in [4.69, 9.17) is 4.74 Å². The molecule has 1 unspecified atom stereocenters. The first-order valence-electron chi connectivity index (χ1n) is 11.5. The lowest BCUT2D eigenvalue weighted by molar-refractivity contribution is 0.0403. The molecular formula is C24H28BrN5O3. The molecule has 2 aromatic carbocycles. The Morgan fingerprint density at radius 3 is 2.61 bits per heavy atom. The molecule has 33 heavy (non-hydrogen) atoms. The van der Waals surface area contributed by atoms with Gasteiger partial charge in [0.05, 0.1) is 9.99 Å². The largest absolute Gasteiger partial charge is 0.490 e. The van der Waals surface area contributed by atoms with Gasteiger partial charge in [0.25, 0.3) is 5.91 Å². The number of amides is 1. The number of aliphatic hydroxyl groups is 1. The first kappa shape index (κ1) is 22.3. The van der Waals surface area contributed by atoms with Crippen LogP contribution in [0.3, 0.4) is 0 Å². The van der Waals surface area contributed by atoms with Gasteiger partial charge in [-0.2, -0.15) is 0 Å². The Morgan fingerprint density at radius 1 is 1.12 bits per heavy atom. The van der Waals surface area contributed by atoms with Crippen molar-refractivity contribution in [3.8, 4) is 5.75 Å². The van der Waals surface area contributed by atoms with Crippen LogP contribution in [-0.4, -0.2) is 81.2 Å². The predicted octanol–water partition coefficient (Wildman–Crippen LogP) is 2.80. The summed E-state index contributed by atoms with van der Waals surface area (Å²) in [6.45, 7) is 4.37. The molecule has 8 nitrogen and oxygen atoms in total. The van der Waals surface area contributed by atoms with Crippen LogP contribution in [0.2, 0.25) is 0 Å². The van der Waals surface area contributed by atoms with Crippen LogP contribution in [0.15, 0.2) is 46.9 Å². The van der Waals surface area contributed by atoms with Gasteiger partial charge in [-0.25, -0.2) is 4.68 Å². The highest BCUT2D eigenvalue weighted by molar-refractivity contribution is 9.10. The Bertz CT molecular complexity index is 1110. The summed E-state index contributed by atoms with van der Waals surface area (Å²) in [7, 11) is 0. The van der Waals surface area contributed by atoms with Crippen molar-refractivity contribution in [2.75, 3.05) is 39.3 Å². The Balaban J connectivity index is 1.11. The van der Waals surface area contributed by atoms with Crippen molar-refractivity contribution in [1.29, 1.82) is 0 Å². The van der Waals surface area contributed by atoms with Crippen LogP contribution in [0.4, 0.5) is 0 Å². The molecule has 1 saturated heterocycles. The third-order valence-corrected chi connectivity index (χ3v) is 7.07. The van der Waals surface area contributed by atoms with Gasteiger partial charge in [0.15, 0.2) is 0 Å². The predicted molar refractivity (Wildman–Crippen MR) is 128 cm³/mol. The van der Waals surface area contributed by atoms with Crippen LogP contribution >= 0.6 is 15.9 Å². The third kappa shape index (κ3) is 5.20. The van der Waals surface area contributed by atoms with E-state index in [1.54, 1.807) is 0 Å². The fourth-order valence-corrected chi connectivity index (χ4v) is 4.74. The second kappa shape index (κ2) is 9.79. The number of benzene rings is 2. The maximum atomic E-state index is 12.6. The minimum atomic E-state index is -0.630. The minimum absolute atomic E-state index is 0.0634. The molecule has 9 heteroatoms. The molecular weight excluding hydrogens is 486 g/mol. The zero-order valence-electron chi connectivity index (χ0n) is 18.4. The van der Waals surface area contributed by atoms with E-state index in [1.165, 1.54) is 12.8 Å². The number of nitrogens with zero attached hydrogens (tertiary/aromatic N) is 5. The molecule has 174 valence electrons. The van der Waals surface area contributed by atoms with Crippen LogP contribution in [0.5, 0.6) is 5.75 Å². The number of carbonyl (C=O) groups excluding carboxylic acids is 1. The summed E-state index contributed by atoms with van der Waals surface area (Å²) in [4.78, 5) is 16.6. The summed E-state index contributed by atoms with van der Waals surface area (Å²) in [6, 6.07) is 13.2. The lowest BCUT2D eigenvalue weighted by Gasteiger charge is -2.35. The van der Waals surface area contributed by atoms with Gasteiger partial charge >= 0.3 is 0 Å². The van der Waals surface area contributed by atoms with Gasteiger partial charge in [-0.05, 0) is 59.0 Å². The van der Waals surface area contributed by atoms with E-state index in [9.17, 15) is 9.90 Å². The average molecular weight is 514 g/mol. The SMILES string of the molecule is O=C(c1ccccc1)N1CCN(CC(O)COc2ccc3c(nnn3CC3CC3)c2Br)CC1. The van der Waals surface area contributed by atoms with E-state index in [-0.39, 0.29) is 12.5 Å². The second-order valence-corrected chi connectivity index (χ2v) is 9.68. The number of fused-ring (bicyclic) bond motifs is 1. The van der Waals surface area contributed by atoms with E-state index < -0.39 is 6.10 Å². The zero-order chi connectivity index (χ0) is 22.8. The second-order valence-electron chi connectivity index (χ2n) is 8.88. The standard InChI is InChI=1S/C24H28BrN5O3/c25-22-21(9-8-20-23(22)26-27-30(20)14-17-6-7-17)33-16-19(31)15-28-10-12-29(13-11-28)24(32)18-4-2-1-3-5-18/h1-5,8-9,17,19,31H,6-7,10-16H2. The fraction of sp³-hybridized carbons (Fsp3) is 0.458. The molecule has 3 aromatic rings. The van der Waals surface area contributed by atoms with Crippen LogP contribution in [0.25, 0.3) is 11.0 Å². The number of ether oxygens (including phenoxy) is 1. The van der Waals surface area contributed by atoms with Gasteiger partial charge in [0.2, 0.25) is 0 Å². The summed E-state index contributed by atoms with van der Waals surface area (Å²) < 4.78 is 8.63. The van der Waals surface area contributed by atoms with Gasteiger partial charge in [-0.15, -0.1) is 5.10 Å². The lowest BCUT2D eigenvalue weighted by atomic mass is 10.2. The van der Waals surface area contributed by atoms with Crippen molar-refractivity contribution in [3.63, 3.8) is 0 Å². The smallest absolute Gasteiger partial charge is 0.253 e.